The zero-order chi connectivity index (χ0) is 19.4. The van der Waals surface area contributed by atoms with Gasteiger partial charge in [-0.15, -0.1) is 0 Å². The molecule has 0 aromatic heterocycles. The van der Waals surface area contributed by atoms with Crippen LogP contribution in [0, 0.1) is 5.82 Å². The molecule has 0 radical (unpaired) electrons. The molecule has 0 aliphatic carbocycles. The van der Waals surface area contributed by atoms with E-state index >= 15 is 0 Å². The summed E-state index contributed by atoms with van der Waals surface area (Å²) in [5.74, 6) is -0.972. The fourth-order valence-electron chi connectivity index (χ4n) is 3.00. The zero-order valence-corrected chi connectivity index (χ0v) is 14.7. The van der Waals surface area contributed by atoms with E-state index in [1.807, 2.05) is 0 Å². The number of rotatable bonds is 6. The second-order valence-electron chi connectivity index (χ2n) is 6.41. The molecule has 1 aliphatic rings. The molecule has 0 saturated carbocycles. The summed E-state index contributed by atoms with van der Waals surface area (Å²) in [6.07, 6.45) is 1.19. The summed E-state index contributed by atoms with van der Waals surface area (Å²) in [7, 11) is 0. The number of carbonyl (C=O) groups excluding carboxylic acids is 3. The third-order valence-corrected chi connectivity index (χ3v) is 4.38. The summed E-state index contributed by atoms with van der Waals surface area (Å²) in [5, 5.41) is 5.47. The molecular weight excluding hydrogens is 351 g/mol. The Labute approximate surface area is 155 Å². The third-order valence-electron chi connectivity index (χ3n) is 4.38. The van der Waals surface area contributed by atoms with Crippen molar-refractivity contribution in [2.45, 2.75) is 25.3 Å². The number of ether oxygens (including phenoxy) is 1. The summed E-state index contributed by atoms with van der Waals surface area (Å²) in [5.41, 5.74) is 1.05. The van der Waals surface area contributed by atoms with E-state index in [2.05, 4.69) is 10.6 Å². The first kappa shape index (κ1) is 18.6. The van der Waals surface area contributed by atoms with Gasteiger partial charge in [0.15, 0.2) is 11.6 Å². The Kier molecular flexibility index (Phi) is 5.49. The van der Waals surface area contributed by atoms with Crippen molar-refractivity contribution in [3.05, 3.63) is 59.4 Å². The van der Waals surface area contributed by atoms with Gasteiger partial charge in [0.1, 0.15) is 12.0 Å². The number of hydrogen-bond donors (Lipinski definition) is 2. The number of carbonyl (C=O) groups is 3. The second kappa shape index (κ2) is 7.99. The average Bonchev–Trinajstić information content (AvgIpc) is 3.03. The van der Waals surface area contributed by atoms with Crippen molar-refractivity contribution in [1.82, 2.24) is 10.6 Å². The Morgan fingerprint density at radius 1 is 1.30 bits per heavy atom. The molecule has 0 spiro atoms. The minimum Gasteiger partial charge on any atom is -0.454 e. The van der Waals surface area contributed by atoms with Gasteiger partial charge in [-0.2, -0.15) is 0 Å². The lowest BCUT2D eigenvalue weighted by molar-refractivity contribution is -0.121. The van der Waals surface area contributed by atoms with Crippen LogP contribution in [0.5, 0.6) is 11.5 Å². The number of amides is 2. The first-order chi connectivity index (χ1) is 13.0. The predicted octanol–water partition coefficient (Wildman–Crippen LogP) is 2.54. The first-order valence-electron chi connectivity index (χ1n) is 8.53. The molecule has 140 valence electrons. The smallest absolute Gasteiger partial charge is 0.227 e. The topological polar surface area (TPSA) is 84.5 Å². The van der Waals surface area contributed by atoms with Crippen molar-refractivity contribution in [3.8, 4) is 11.5 Å². The van der Waals surface area contributed by atoms with E-state index in [-0.39, 0.29) is 23.6 Å². The number of aldehydes is 1. The number of nitrogens with one attached hydrogen (secondary N) is 2. The fourth-order valence-corrected chi connectivity index (χ4v) is 3.00. The largest absolute Gasteiger partial charge is 0.454 e. The maximum Gasteiger partial charge on any atom is 0.227 e. The van der Waals surface area contributed by atoms with E-state index in [1.54, 1.807) is 30.3 Å². The maximum absolute atomic E-state index is 14.4. The van der Waals surface area contributed by atoms with Crippen molar-refractivity contribution in [2.24, 2.45) is 0 Å². The second-order valence-corrected chi connectivity index (χ2v) is 6.41. The van der Waals surface area contributed by atoms with E-state index in [0.29, 0.717) is 36.1 Å². The summed E-state index contributed by atoms with van der Waals surface area (Å²) in [6.45, 7) is 1.76. The third kappa shape index (κ3) is 4.49. The molecule has 1 saturated heterocycles. The number of halogens is 1. The Morgan fingerprint density at radius 2 is 2.04 bits per heavy atom. The van der Waals surface area contributed by atoms with Gasteiger partial charge in [0.25, 0.3) is 0 Å². The minimum atomic E-state index is -0.579. The molecule has 0 bridgehead atoms. The van der Waals surface area contributed by atoms with Crippen LogP contribution in [-0.4, -0.2) is 30.7 Å². The molecule has 2 unspecified atom stereocenters. The first-order valence-corrected chi connectivity index (χ1v) is 8.53. The molecule has 2 amide bonds. The number of benzene rings is 2. The molecule has 6 nitrogen and oxygen atoms in total. The minimum absolute atomic E-state index is 0.0332. The summed E-state index contributed by atoms with van der Waals surface area (Å²) in [4.78, 5) is 33.8. The lowest BCUT2D eigenvalue weighted by Crippen LogP contribution is -2.37. The molecule has 2 aromatic rings. The van der Waals surface area contributed by atoms with Crippen LogP contribution >= 0.6 is 0 Å². The van der Waals surface area contributed by atoms with E-state index in [4.69, 9.17) is 4.74 Å². The van der Waals surface area contributed by atoms with Crippen LogP contribution in [0.3, 0.4) is 0 Å². The van der Waals surface area contributed by atoms with Crippen LogP contribution in [-0.2, 0) is 9.59 Å². The quantitative estimate of drug-likeness (QED) is 0.766. The van der Waals surface area contributed by atoms with Crippen LogP contribution in [0.1, 0.15) is 35.2 Å². The molecule has 27 heavy (non-hydrogen) atoms. The zero-order valence-electron chi connectivity index (χ0n) is 14.7. The fraction of sp³-hybridized carbons (Fsp3) is 0.250. The van der Waals surface area contributed by atoms with Crippen molar-refractivity contribution in [2.75, 3.05) is 6.54 Å². The van der Waals surface area contributed by atoms with Gasteiger partial charge in [-0.25, -0.2) is 4.39 Å². The van der Waals surface area contributed by atoms with E-state index in [0.717, 1.165) is 0 Å². The number of hydrogen-bond acceptors (Lipinski definition) is 4. The highest BCUT2D eigenvalue weighted by Crippen LogP contribution is 2.31. The van der Waals surface area contributed by atoms with Crippen molar-refractivity contribution in [3.63, 3.8) is 0 Å². The Bertz CT molecular complexity index is 867. The van der Waals surface area contributed by atoms with Gasteiger partial charge in [-0.3, -0.25) is 14.4 Å². The molecule has 3 rings (SSSR count). The van der Waals surface area contributed by atoms with Crippen LogP contribution < -0.4 is 15.4 Å². The summed E-state index contributed by atoms with van der Waals surface area (Å²) >= 11 is 0. The van der Waals surface area contributed by atoms with Gasteiger partial charge in [-0.05, 0) is 48.4 Å². The van der Waals surface area contributed by atoms with Gasteiger partial charge < -0.3 is 15.4 Å². The Balaban J connectivity index is 1.69. The van der Waals surface area contributed by atoms with E-state index in [9.17, 15) is 18.8 Å². The Morgan fingerprint density at radius 3 is 2.67 bits per heavy atom. The monoisotopic (exact) mass is 370 g/mol. The summed E-state index contributed by atoms with van der Waals surface area (Å²) in [6, 6.07) is 10.6. The van der Waals surface area contributed by atoms with E-state index in [1.165, 1.54) is 19.1 Å². The van der Waals surface area contributed by atoms with E-state index < -0.39 is 11.7 Å². The van der Waals surface area contributed by atoms with Crippen molar-refractivity contribution < 1.29 is 23.5 Å². The SMILES string of the molecule is CC(=O)NCC1CC(c2ccc(Oc3ccc(C=O)cc3)c(F)c2)C(=O)N1. The average molecular weight is 370 g/mol. The van der Waals surface area contributed by atoms with Crippen LogP contribution in [0.25, 0.3) is 0 Å². The normalized spacial score (nSPS) is 18.7. The van der Waals surface area contributed by atoms with Crippen molar-refractivity contribution in [1.29, 1.82) is 0 Å². The summed E-state index contributed by atoms with van der Waals surface area (Å²) < 4.78 is 19.9. The highest BCUT2D eigenvalue weighted by molar-refractivity contribution is 5.86. The molecule has 2 aromatic carbocycles. The molecular formula is C20H19FN2O4. The molecule has 1 fully saturated rings. The molecule has 2 N–H and O–H groups in total. The highest BCUT2D eigenvalue weighted by Gasteiger charge is 2.33. The van der Waals surface area contributed by atoms with Gasteiger partial charge in [0, 0.05) is 25.1 Å². The van der Waals surface area contributed by atoms with Gasteiger partial charge in [0.05, 0.1) is 5.92 Å². The van der Waals surface area contributed by atoms with Gasteiger partial charge in [0.2, 0.25) is 11.8 Å². The van der Waals surface area contributed by atoms with Gasteiger partial charge in [-0.1, -0.05) is 6.07 Å². The maximum atomic E-state index is 14.4. The van der Waals surface area contributed by atoms with Crippen LogP contribution in [0.2, 0.25) is 0 Å². The Hall–Kier alpha value is -3.22. The van der Waals surface area contributed by atoms with Crippen LogP contribution in [0.15, 0.2) is 42.5 Å². The lowest BCUT2D eigenvalue weighted by Gasteiger charge is -2.12. The molecule has 2 atom stereocenters. The molecule has 1 aliphatic heterocycles. The van der Waals surface area contributed by atoms with Gasteiger partial charge >= 0.3 is 0 Å². The molecule has 1 heterocycles. The molecule has 7 heteroatoms. The predicted molar refractivity (Wildman–Crippen MR) is 96.3 cm³/mol. The van der Waals surface area contributed by atoms with Crippen molar-refractivity contribution >= 4 is 18.1 Å². The lowest BCUT2D eigenvalue weighted by atomic mass is 9.95. The van der Waals surface area contributed by atoms with Crippen LogP contribution in [0.4, 0.5) is 4.39 Å². The highest BCUT2D eigenvalue weighted by atomic mass is 19.1. The standard InChI is InChI=1S/C20H19FN2O4/c1-12(25)22-10-15-9-17(20(26)23-15)14-4-7-19(18(21)8-14)27-16-5-2-13(11-24)3-6-16/h2-8,11,15,17H,9-10H2,1H3,(H,22,25)(H,23,26).